The molecule has 0 aromatic heterocycles. The van der Waals surface area contributed by atoms with Gasteiger partial charge in [-0.3, -0.25) is 0 Å². The number of hydrogen-bond acceptors (Lipinski definition) is 3. The molecule has 0 aliphatic carbocycles. The predicted molar refractivity (Wildman–Crippen MR) is 70.9 cm³/mol. The van der Waals surface area contributed by atoms with Crippen LogP contribution in [-0.2, 0) is 14.9 Å². The van der Waals surface area contributed by atoms with Gasteiger partial charge >= 0.3 is 0 Å². The zero-order valence-corrected chi connectivity index (χ0v) is 12.1. The third-order valence-electron chi connectivity index (χ3n) is 3.63. The van der Waals surface area contributed by atoms with E-state index in [1.54, 1.807) is 8.61 Å². The third-order valence-corrected chi connectivity index (χ3v) is 6.10. The summed E-state index contributed by atoms with van der Waals surface area (Å²) in [4.78, 5) is 0. The standard InChI is InChI=1S/C11H21ClN2O3S/c12-10-11-2-5-14(6-3-11)18(15,16)13-4-1-8-17-9-7-13/h11H,1-10H2. The Kier molecular flexibility index (Phi) is 5.26. The van der Waals surface area contributed by atoms with Crippen LogP contribution < -0.4 is 0 Å². The lowest BCUT2D eigenvalue weighted by Crippen LogP contribution is -2.48. The predicted octanol–water partition coefficient (Wildman–Crippen LogP) is 0.904. The molecule has 0 N–H and O–H groups in total. The minimum atomic E-state index is -3.30. The summed E-state index contributed by atoms with van der Waals surface area (Å²) in [6, 6.07) is 0. The van der Waals surface area contributed by atoms with E-state index in [-0.39, 0.29) is 0 Å². The van der Waals surface area contributed by atoms with E-state index in [0.29, 0.717) is 51.2 Å². The van der Waals surface area contributed by atoms with Gasteiger partial charge in [-0.1, -0.05) is 0 Å². The van der Waals surface area contributed by atoms with Crippen molar-refractivity contribution in [2.45, 2.75) is 19.3 Å². The summed E-state index contributed by atoms with van der Waals surface area (Å²) >= 11 is 5.82. The summed E-state index contributed by atoms with van der Waals surface area (Å²) in [6.45, 7) is 3.38. The van der Waals surface area contributed by atoms with Crippen molar-refractivity contribution in [2.24, 2.45) is 5.92 Å². The second kappa shape index (κ2) is 6.52. The van der Waals surface area contributed by atoms with Gasteiger partial charge < -0.3 is 4.74 Å². The molecule has 2 aliphatic heterocycles. The largest absolute Gasteiger partial charge is 0.380 e. The van der Waals surface area contributed by atoms with Crippen molar-refractivity contribution >= 4 is 21.8 Å². The Morgan fingerprint density at radius 2 is 1.72 bits per heavy atom. The number of alkyl halides is 1. The summed E-state index contributed by atoms with van der Waals surface area (Å²) in [5, 5.41) is 0. The Bertz CT molecular complexity index is 347. The summed E-state index contributed by atoms with van der Waals surface area (Å²) in [6.07, 6.45) is 2.51. The Hall–Kier alpha value is 0.120. The summed E-state index contributed by atoms with van der Waals surface area (Å²) < 4.78 is 33.4. The molecule has 0 radical (unpaired) electrons. The van der Waals surface area contributed by atoms with E-state index in [1.165, 1.54) is 0 Å². The molecule has 2 rings (SSSR count). The monoisotopic (exact) mass is 296 g/mol. The van der Waals surface area contributed by atoms with Gasteiger partial charge in [0.25, 0.3) is 10.2 Å². The van der Waals surface area contributed by atoms with E-state index in [2.05, 4.69) is 0 Å². The first-order chi connectivity index (χ1) is 8.64. The fraction of sp³-hybridized carbons (Fsp3) is 1.00. The van der Waals surface area contributed by atoms with Crippen LogP contribution in [0.15, 0.2) is 0 Å². The second-order valence-electron chi connectivity index (χ2n) is 4.87. The van der Waals surface area contributed by atoms with Gasteiger partial charge in [0.1, 0.15) is 0 Å². The molecule has 106 valence electrons. The quantitative estimate of drug-likeness (QED) is 0.727. The topological polar surface area (TPSA) is 49.9 Å². The molecule has 7 heteroatoms. The SMILES string of the molecule is O=S(=O)(N1CCCOCC1)N1CCC(CCl)CC1. The van der Waals surface area contributed by atoms with Crippen molar-refractivity contribution in [3.8, 4) is 0 Å². The van der Waals surface area contributed by atoms with Crippen LogP contribution in [0, 0.1) is 5.92 Å². The van der Waals surface area contributed by atoms with Gasteiger partial charge in [-0.2, -0.15) is 17.0 Å². The fourth-order valence-electron chi connectivity index (χ4n) is 2.41. The highest BCUT2D eigenvalue weighted by Gasteiger charge is 2.32. The number of rotatable bonds is 3. The number of piperidine rings is 1. The average Bonchev–Trinajstić information content (AvgIpc) is 2.68. The summed E-state index contributed by atoms with van der Waals surface area (Å²) in [5.74, 6) is 1.09. The maximum absolute atomic E-state index is 12.5. The summed E-state index contributed by atoms with van der Waals surface area (Å²) in [7, 11) is -3.30. The average molecular weight is 297 g/mol. The third kappa shape index (κ3) is 3.36. The zero-order chi connectivity index (χ0) is 13.0. The maximum Gasteiger partial charge on any atom is 0.282 e. The van der Waals surface area contributed by atoms with Crippen LogP contribution in [0.3, 0.4) is 0 Å². The molecule has 0 atom stereocenters. The van der Waals surface area contributed by atoms with Crippen molar-refractivity contribution in [2.75, 3.05) is 45.3 Å². The highest BCUT2D eigenvalue weighted by atomic mass is 35.5. The minimum Gasteiger partial charge on any atom is -0.380 e. The van der Waals surface area contributed by atoms with Crippen LogP contribution in [0.25, 0.3) is 0 Å². The first-order valence-corrected chi connectivity index (χ1v) is 8.46. The van der Waals surface area contributed by atoms with Gasteiger partial charge in [0.2, 0.25) is 0 Å². The van der Waals surface area contributed by atoms with Gasteiger partial charge in [-0.25, -0.2) is 0 Å². The lowest BCUT2D eigenvalue weighted by molar-refractivity contribution is 0.147. The zero-order valence-electron chi connectivity index (χ0n) is 10.6. The molecular weight excluding hydrogens is 276 g/mol. The van der Waals surface area contributed by atoms with E-state index in [0.717, 1.165) is 19.3 Å². The molecule has 0 saturated carbocycles. The van der Waals surface area contributed by atoms with Gasteiger partial charge in [0.05, 0.1) is 6.61 Å². The molecule has 2 fully saturated rings. The smallest absolute Gasteiger partial charge is 0.282 e. The molecule has 0 spiro atoms. The van der Waals surface area contributed by atoms with Gasteiger partial charge in [0, 0.05) is 38.7 Å². The molecule has 0 aromatic rings. The Morgan fingerprint density at radius 1 is 1.06 bits per heavy atom. The van der Waals surface area contributed by atoms with E-state index >= 15 is 0 Å². The molecule has 18 heavy (non-hydrogen) atoms. The van der Waals surface area contributed by atoms with E-state index < -0.39 is 10.2 Å². The van der Waals surface area contributed by atoms with E-state index in [4.69, 9.17) is 16.3 Å². The molecule has 2 saturated heterocycles. The molecule has 0 unspecified atom stereocenters. The van der Waals surface area contributed by atoms with Crippen molar-refractivity contribution in [1.29, 1.82) is 0 Å². The molecule has 5 nitrogen and oxygen atoms in total. The fourth-order valence-corrected chi connectivity index (χ4v) is 4.38. The highest BCUT2D eigenvalue weighted by Crippen LogP contribution is 2.22. The molecular formula is C11H21ClN2O3S. The highest BCUT2D eigenvalue weighted by molar-refractivity contribution is 7.86. The van der Waals surface area contributed by atoms with Crippen LogP contribution in [0.1, 0.15) is 19.3 Å². The lowest BCUT2D eigenvalue weighted by atomic mass is 10.0. The first kappa shape index (κ1) is 14.5. The Morgan fingerprint density at radius 3 is 2.39 bits per heavy atom. The van der Waals surface area contributed by atoms with E-state index in [1.807, 2.05) is 0 Å². The van der Waals surface area contributed by atoms with Gasteiger partial charge in [-0.15, -0.1) is 11.6 Å². The molecule has 2 aliphatic rings. The second-order valence-corrected chi connectivity index (χ2v) is 7.11. The van der Waals surface area contributed by atoms with Crippen molar-refractivity contribution in [3.63, 3.8) is 0 Å². The van der Waals surface area contributed by atoms with E-state index in [9.17, 15) is 8.42 Å². The van der Waals surface area contributed by atoms with Gasteiger partial charge in [0.15, 0.2) is 0 Å². The Labute approximate surface area is 114 Å². The minimum absolute atomic E-state index is 0.464. The first-order valence-electron chi connectivity index (χ1n) is 6.53. The van der Waals surface area contributed by atoms with Crippen LogP contribution >= 0.6 is 11.6 Å². The number of nitrogens with zero attached hydrogens (tertiary/aromatic N) is 2. The Balaban J connectivity index is 1.97. The molecule has 0 bridgehead atoms. The number of halogens is 1. The van der Waals surface area contributed by atoms with Gasteiger partial charge in [-0.05, 0) is 25.2 Å². The van der Waals surface area contributed by atoms with Crippen LogP contribution in [-0.4, -0.2) is 62.3 Å². The molecule has 0 aromatic carbocycles. The number of hydrogen-bond donors (Lipinski definition) is 0. The maximum atomic E-state index is 12.5. The normalized spacial score (nSPS) is 26.1. The van der Waals surface area contributed by atoms with Crippen LogP contribution in [0.5, 0.6) is 0 Å². The van der Waals surface area contributed by atoms with Crippen molar-refractivity contribution in [1.82, 2.24) is 8.61 Å². The van der Waals surface area contributed by atoms with Crippen molar-refractivity contribution < 1.29 is 13.2 Å². The molecule has 2 heterocycles. The number of ether oxygens (including phenoxy) is 1. The van der Waals surface area contributed by atoms with Crippen molar-refractivity contribution in [3.05, 3.63) is 0 Å². The van der Waals surface area contributed by atoms with Crippen LogP contribution in [0.2, 0.25) is 0 Å². The van der Waals surface area contributed by atoms with Crippen LogP contribution in [0.4, 0.5) is 0 Å². The summed E-state index contributed by atoms with van der Waals surface area (Å²) in [5.41, 5.74) is 0. The molecule has 0 amide bonds. The lowest BCUT2D eigenvalue weighted by Gasteiger charge is -2.33.